The highest BCUT2D eigenvalue weighted by atomic mass is 32.1. The number of thiazole rings is 1. The van der Waals surface area contributed by atoms with E-state index in [0.717, 1.165) is 23.6 Å². The van der Waals surface area contributed by atoms with Gasteiger partial charge >= 0.3 is 0 Å². The van der Waals surface area contributed by atoms with Crippen LogP contribution in [0.2, 0.25) is 0 Å². The largest absolute Gasteiger partial charge is 0.348 e. The van der Waals surface area contributed by atoms with E-state index in [1.807, 2.05) is 0 Å². The van der Waals surface area contributed by atoms with Gasteiger partial charge in [0.05, 0.1) is 5.69 Å². The molecule has 0 saturated heterocycles. The number of anilines is 1. The first-order valence-electron chi connectivity index (χ1n) is 6.97. The summed E-state index contributed by atoms with van der Waals surface area (Å²) < 4.78 is 0. The topological polar surface area (TPSA) is 28.2 Å². The standard InChI is InChI=1S/C14H25N3S/c1-10(2)7-11(3)17(4)14-16-13(9-18-14)8-15-12-5-6-12/h9-12,15H,5-8H2,1-4H3. The van der Waals surface area contributed by atoms with Gasteiger partial charge in [0.15, 0.2) is 5.13 Å². The highest BCUT2D eigenvalue weighted by Gasteiger charge is 2.21. The minimum atomic E-state index is 0.556. The molecule has 1 heterocycles. The van der Waals surface area contributed by atoms with Crippen LogP contribution in [0.15, 0.2) is 5.38 Å². The van der Waals surface area contributed by atoms with Gasteiger partial charge in [0.2, 0.25) is 0 Å². The van der Waals surface area contributed by atoms with Crippen LogP contribution in [-0.4, -0.2) is 24.1 Å². The van der Waals surface area contributed by atoms with Gasteiger partial charge in [-0.05, 0) is 32.1 Å². The first-order chi connectivity index (χ1) is 8.56. The maximum Gasteiger partial charge on any atom is 0.185 e. The molecule has 0 aliphatic heterocycles. The van der Waals surface area contributed by atoms with Crippen molar-refractivity contribution in [3.63, 3.8) is 0 Å². The van der Waals surface area contributed by atoms with E-state index in [-0.39, 0.29) is 0 Å². The van der Waals surface area contributed by atoms with Crippen LogP contribution in [0.4, 0.5) is 5.13 Å². The summed E-state index contributed by atoms with van der Waals surface area (Å²) in [6.07, 6.45) is 3.89. The average Bonchev–Trinajstić information content (AvgIpc) is 3.02. The summed E-state index contributed by atoms with van der Waals surface area (Å²) in [4.78, 5) is 7.03. The molecule has 1 aromatic heterocycles. The van der Waals surface area contributed by atoms with E-state index in [9.17, 15) is 0 Å². The molecule has 0 aromatic carbocycles. The van der Waals surface area contributed by atoms with Gasteiger partial charge in [-0.25, -0.2) is 4.98 Å². The van der Waals surface area contributed by atoms with E-state index < -0.39 is 0 Å². The fraction of sp³-hybridized carbons (Fsp3) is 0.786. The number of nitrogens with zero attached hydrogens (tertiary/aromatic N) is 2. The van der Waals surface area contributed by atoms with Gasteiger partial charge in [0, 0.05) is 31.1 Å². The van der Waals surface area contributed by atoms with E-state index in [0.29, 0.717) is 6.04 Å². The van der Waals surface area contributed by atoms with Crippen molar-refractivity contribution in [1.82, 2.24) is 10.3 Å². The molecular weight excluding hydrogens is 242 g/mol. The fourth-order valence-corrected chi connectivity index (χ4v) is 3.00. The van der Waals surface area contributed by atoms with Crippen molar-refractivity contribution in [2.45, 2.75) is 58.7 Å². The first kappa shape index (κ1) is 13.8. The Kier molecular flexibility index (Phi) is 4.62. The second-order valence-electron chi connectivity index (χ2n) is 5.87. The zero-order chi connectivity index (χ0) is 13.1. The lowest BCUT2D eigenvalue weighted by molar-refractivity contribution is 0.503. The van der Waals surface area contributed by atoms with Crippen LogP contribution in [0.3, 0.4) is 0 Å². The summed E-state index contributed by atoms with van der Waals surface area (Å²) in [5.74, 6) is 0.735. The lowest BCUT2D eigenvalue weighted by atomic mass is 10.0. The van der Waals surface area contributed by atoms with E-state index in [2.05, 4.69) is 43.4 Å². The highest BCUT2D eigenvalue weighted by molar-refractivity contribution is 7.13. The van der Waals surface area contributed by atoms with Crippen molar-refractivity contribution in [3.8, 4) is 0 Å². The van der Waals surface area contributed by atoms with Gasteiger partial charge < -0.3 is 10.2 Å². The molecular formula is C14H25N3S. The number of nitrogens with one attached hydrogen (secondary N) is 1. The molecule has 3 nitrogen and oxygen atoms in total. The zero-order valence-corrected chi connectivity index (χ0v) is 12.8. The summed E-state index contributed by atoms with van der Waals surface area (Å²) in [5, 5.41) is 6.84. The van der Waals surface area contributed by atoms with Crippen LogP contribution < -0.4 is 10.2 Å². The average molecular weight is 267 g/mol. The van der Waals surface area contributed by atoms with E-state index in [4.69, 9.17) is 4.98 Å². The molecule has 1 fully saturated rings. The Bertz CT molecular complexity index is 371. The van der Waals surface area contributed by atoms with Gasteiger partial charge in [-0.1, -0.05) is 13.8 Å². The Morgan fingerprint density at radius 1 is 1.44 bits per heavy atom. The van der Waals surface area contributed by atoms with Crippen molar-refractivity contribution in [1.29, 1.82) is 0 Å². The molecule has 4 heteroatoms. The monoisotopic (exact) mass is 267 g/mol. The molecule has 1 aromatic rings. The Labute approximate surface area is 115 Å². The lowest BCUT2D eigenvalue weighted by Crippen LogP contribution is -2.30. The predicted octanol–water partition coefficient (Wildman–Crippen LogP) is 3.27. The van der Waals surface area contributed by atoms with Crippen LogP contribution in [0.1, 0.15) is 45.7 Å². The number of rotatable bonds is 7. The van der Waals surface area contributed by atoms with Crippen LogP contribution in [0.5, 0.6) is 0 Å². The Hall–Kier alpha value is -0.610. The first-order valence-corrected chi connectivity index (χ1v) is 7.85. The fourth-order valence-electron chi connectivity index (χ4n) is 2.10. The molecule has 1 saturated carbocycles. The molecule has 18 heavy (non-hydrogen) atoms. The van der Waals surface area contributed by atoms with E-state index in [1.54, 1.807) is 11.3 Å². The molecule has 0 radical (unpaired) electrons. The third-order valence-corrected chi connectivity index (χ3v) is 4.44. The summed E-state index contributed by atoms with van der Waals surface area (Å²) in [5.41, 5.74) is 1.19. The van der Waals surface area contributed by atoms with Gasteiger partial charge in [-0.15, -0.1) is 11.3 Å². The molecule has 0 spiro atoms. The van der Waals surface area contributed by atoms with Crippen LogP contribution in [0, 0.1) is 5.92 Å². The Balaban J connectivity index is 1.86. The summed E-state index contributed by atoms with van der Waals surface area (Å²) in [6, 6.07) is 1.31. The van der Waals surface area contributed by atoms with Crippen molar-refractivity contribution < 1.29 is 0 Å². The lowest BCUT2D eigenvalue weighted by Gasteiger charge is -2.25. The molecule has 1 N–H and O–H groups in total. The second-order valence-corrected chi connectivity index (χ2v) is 6.70. The van der Waals surface area contributed by atoms with Crippen molar-refractivity contribution >= 4 is 16.5 Å². The minimum absolute atomic E-state index is 0.556. The molecule has 1 atom stereocenters. The quantitative estimate of drug-likeness (QED) is 0.822. The third-order valence-electron chi connectivity index (χ3n) is 3.46. The molecule has 0 amide bonds. The predicted molar refractivity (Wildman–Crippen MR) is 79.3 cm³/mol. The maximum atomic E-state index is 4.72. The van der Waals surface area contributed by atoms with Gasteiger partial charge in [0.1, 0.15) is 0 Å². The van der Waals surface area contributed by atoms with Crippen LogP contribution >= 0.6 is 11.3 Å². The molecule has 102 valence electrons. The molecule has 1 unspecified atom stereocenters. The molecule has 0 bridgehead atoms. The van der Waals surface area contributed by atoms with Crippen molar-refractivity contribution in [2.24, 2.45) is 5.92 Å². The minimum Gasteiger partial charge on any atom is -0.348 e. The van der Waals surface area contributed by atoms with Crippen molar-refractivity contribution in [3.05, 3.63) is 11.1 Å². The normalized spacial score (nSPS) is 17.2. The summed E-state index contributed by atoms with van der Waals surface area (Å²) in [6.45, 7) is 7.76. The number of hydrogen-bond acceptors (Lipinski definition) is 4. The summed E-state index contributed by atoms with van der Waals surface area (Å²) in [7, 11) is 2.16. The SMILES string of the molecule is CC(C)CC(C)N(C)c1nc(CNC2CC2)cs1. The Morgan fingerprint density at radius 2 is 2.17 bits per heavy atom. The van der Waals surface area contributed by atoms with Gasteiger partial charge in [0.25, 0.3) is 0 Å². The third kappa shape index (κ3) is 3.95. The van der Waals surface area contributed by atoms with Gasteiger partial charge in [-0.3, -0.25) is 0 Å². The molecule has 1 aliphatic carbocycles. The maximum absolute atomic E-state index is 4.72. The highest BCUT2D eigenvalue weighted by Crippen LogP contribution is 2.24. The second kappa shape index (κ2) is 6.02. The van der Waals surface area contributed by atoms with E-state index in [1.165, 1.54) is 25.0 Å². The summed E-state index contributed by atoms with van der Waals surface area (Å²) >= 11 is 1.76. The number of hydrogen-bond donors (Lipinski definition) is 1. The van der Waals surface area contributed by atoms with Crippen LogP contribution in [0.25, 0.3) is 0 Å². The van der Waals surface area contributed by atoms with Gasteiger partial charge in [-0.2, -0.15) is 0 Å². The number of aromatic nitrogens is 1. The smallest absolute Gasteiger partial charge is 0.185 e. The van der Waals surface area contributed by atoms with E-state index >= 15 is 0 Å². The van der Waals surface area contributed by atoms with Crippen LogP contribution in [-0.2, 0) is 6.54 Å². The zero-order valence-electron chi connectivity index (χ0n) is 11.9. The van der Waals surface area contributed by atoms with Crippen molar-refractivity contribution in [2.75, 3.05) is 11.9 Å². The molecule has 2 rings (SSSR count). The molecule has 1 aliphatic rings. The Morgan fingerprint density at radius 3 is 2.78 bits per heavy atom.